The van der Waals surface area contributed by atoms with E-state index in [1.165, 1.54) is 38.5 Å². The maximum atomic E-state index is 10.3. The molecule has 4 nitrogen and oxygen atoms in total. The fraction of sp³-hybridized carbons (Fsp3) is 1.00. The van der Waals surface area contributed by atoms with Gasteiger partial charge in [-0.25, -0.2) is 8.42 Å². The Hall–Kier alpha value is -0.130. The summed E-state index contributed by atoms with van der Waals surface area (Å²) in [5.74, 6) is 0.777. The minimum atomic E-state index is -4.53. The Balaban J connectivity index is 3.52. The van der Waals surface area contributed by atoms with Crippen molar-refractivity contribution in [1.29, 1.82) is 0 Å². The molecule has 0 amide bonds. The van der Waals surface area contributed by atoms with E-state index >= 15 is 0 Å². The molecule has 2 atom stereocenters. The lowest BCUT2D eigenvalue weighted by atomic mass is 9.94. The lowest BCUT2D eigenvalue weighted by Gasteiger charge is -2.16. The summed E-state index contributed by atoms with van der Waals surface area (Å²) in [5, 5.41) is 0. The van der Waals surface area contributed by atoms with E-state index in [0.29, 0.717) is 5.92 Å². The molecule has 0 aliphatic carbocycles. The highest BCUT2D eigenvalue weighted by atomic mass is 32.3. The van der Waals surface area contributed by atoms with E-state index in [4.69, 9.17) is 0 Å². The van der Waals surface area contributed by atoms with E-state index in [-0.39, 0.29) is 12.5 Å². The van der Waals surface area contributed by atoms with Crippen molar-refractivity contribution in [3.63, 3.8) is 0 Å². The number of hydrogen-bond donors (Lipinski definition) is 0. The lowest BCUT2D eigenvalue weighted by Crippen LogP contribution is -2.12. The first-order valence-corrected chi connectivity index (χ1v) is 8.78. The zero-order valence-electron chi connectivity index (χ0n) is 12.6. The van der Waals surface area contributed by atoms with Gasteiger partial charge in [0.25, 0.3) is 0 Å². The first-order valence-electron chi connectivity index (χ1n) is 7.45. The van der Waals surface area contributed by atoms with Gasteiger partial charge < -0.3 is 4.55 Å². The van der Waals surface area contributed by atoms with Crippen LogP contribution < -0.4 is 0 Å². The molecule has 2 unspecified atom stereocenters. The van der Waals surface area contributed by atoms with Crippen LogP contribution in [-0.2, 0) is 14.6 Å². The zero-order chi connectivity index (χ0) is 14.7. The molecule has 5 heteroatoms. The minimum absolute atomic E-state index is 0.00898. The van der Waals surface area contributed by atoms with Crippen molar-refractivity contribution in [1.82, 2.24) is 0 Å². The van der Waals surface area contributed by atoms with Crippen LogP contribution in [0.15, 0.2) is 0 Å². The fourth-order valence-electron chi connectivity index (χ4n) is 2.09. The lowest BCUT2D eigenvalue weighted by molar-refractivity contribution is 0.214. The number of unbranched alkanes of at least 4 members (excludes halogenated alkanes) is 4. The van der Waals surface area contributed by atoms with E-state index in [1.807, 2.05) is 6.92 Å². The van der Waals surface area contributed by atoms with Gasteiger partial charge in [-0.3, -0.25) is 4.18 Å². The van der Waals surface area contributed by atoms with Crippen molar-refractivity contribution < 1.29 is 17.2 Å². The third kappa shape index (κ3) is 14.1. The Morgan fingerprint density at radius 3 is 2.11 bits per heavy atom. The van der Waals surface area contributed by atoms with Gasteiger partial charge in [0, 0.05) is 0 Å². The van der Waals surface area contributed by atoms with Crippen molar-refractivity contribution in [3.05, 3.63) is 0 Å². The summed E-state index contributed by atoms with van der Waals surface area (Å²) in [6.07, 6.45) is 9.73. The van der Waals surface area contributed by atoms with Crippen molar-refractivity contribution in [3.8, 4) is 0 Å². The topological polar surface area (TPSA) is 66.4 Å². The third-order valence-electron chi connectivity index (χ3n) is 3.45. The molecule has 116 valence electrons. The molecule has 0 aromatic carbocycles. The molecule has 0 rings (SSSR count). The largest absolute Gasteiger partial charge is 0.726 e. The predicted molar refractivity (Wildman–Crippen MR) is 76.6 cm³/mol. The van der Waals surface area contributed by atoms with Crippen molar-refractivity contribution in [2.24, 2.45) is 11.8 Å². The van der Waals surface area contributed by atoms with Gasteiger partial charge in [0.05, 0.1) is 6.61 Å². The van der Waals surface area contributed by atoms with Gasteiger partial charge in [-0.05, 0) is 18.3 Å². The average molecular weight is 293 g/mol. The first-order chi connectivity index (χ1) is 8.85. The summed E-state index contributed by atoms with van der Waals surface area (Å²) in [6, 6.07) is 0. The third-order valence-corrected chi connectivity index (χ3v) is 3.87. The molecule has 0 N–H and O–H groups in total. The number of rotatable bonds is 12. The highest BCUT2D eigenvalue weighted by Gasteiger charge is 2.08. The SMILES string of the molecule is CCCCCCCC(C)CCC(C)COS(=O)(=O)[O-]. The van der Waals surface area contributed by atoms with E-state index in [9.17, 15) is 13.0 Å². The van der Waals surface area contributed by atoms with E-state index in [0.717, 1.165) is 12.8 Å². The predicted octanol–water partition coefficient (Wildman–Crippen LogP) is 3.88. The molecule has 0 spiro atoms. The summed E-state index contributed by atoms with van der Waals surface area (Å²) in [4.78, 5) is 0. The van der Waals surface area contributed by atoms with Gasteiger partial charge in [0.1, 0.15) is 0 Å². The molecule has 0 radical (unpaired) electrons. The molecule has 0 bridgehead atoms. The van der Waals surface area contributed by atoms with Crippen molar-refractivity contribution in [2.45, 2.75) is 72.1 Å². The Bertz CT molecular complexity index is 301. The van der Waals surface area contributed by atoms with Crippen LogP contribution in [-0.4, -0.2) is 19.6 Å². The maximum absolute atomic E-state index is 10.3. The normalized spacial score (nSPS) is 15.4. The van der Waals surface area contributed by atoms with Crippen LogP contribution in [0.5, 0.6) is 0 Å². The van der Waals surface area contributed by atoms with Gasteiger partial charge >= 0.3 is 0 Å². The summed E-state index contributed by atoms with van der Waals surface area (Å²) in [6.45, 7) is 6.38. The van der Waals surface area contributed by atoms with Gasteiger partial charge in [-0.2, -0.15) is 0 Å². The van der Waals surface area contributed by atoms with Gasteiger partial charge in [0.15, 0.2) is 0 Å². The van der Waals surface area contributed by atoms with E-state index < -0.39 is 10.4 Å². The fourth-order valence-corrected chi connectivity index (χ4v) is 2.49. The molecule has 0 fully saturated rings. The first kappa shape index (κ1) is 18.9. The van der Waals surface area contributed by atoms with Crippen LogP contribution >= 0.6 is 0 Å². The van der Waals surface area contributed by atoms with Crippen LogP contribution in [0.3, 0.4) is 0 Å². The number of hydrogen-bond acceptors (Lipinski definition) is 4. The molecule has 0 aliphatic heterocycles. The summed E-state index contributed by atoms with van der Waals surface area (Å²) in [5.41, 5.74) is 0. The quantitative estimate of drug-likeness (QED) is 0.311. The molecule has 19 heavy (non-hydrogen) atoms. The van der Waals surface area contributed by atoms with E-state index in [1.54, 1.807) is 0 Å². The average Bonchev–Trinajstić information content (AvgIpc) is 2.32. The molecular weight excluding hydrogens is 264 g/mol. The zero-order valence-corrected chi connectivity index (χ0v) is 13.4. The van der Waals surface area contributed by atoms with Crippen LogP contribution in [0.25, 0.3) is 0 Å². The molecule has 0 aromatic heterocycles. The molecule has 0 saturated heterocycles. The smallest absolute Gasteiger partial charge is 0.217 e. The van der Waals surface area contributed by atoms with Crippen LogP contribution in [0.4, 0.5) is 0 Å². The van der Waals surface area contributed by atoms with Crippen LogP contribution in [0.2, 0.25) is 0 Å². The van der Waals surface area contributed by atoms with Gasteiger partial charge in [0.2, 0.25) is 10.4 Å². The minimum Gasteiger partial charge on any atom is -0.726 e. The molecular formula is C14H29O4S-. The second-order valence-corrected chi connectivity index (χ2v) is 6.74. The highest BCUT2D eigenvalue weighted by molar-refractivity contribution is 7.80. The molecule has 0 aliphatic rings. The molecule has 0 saturated carbocycles. The summed E-state index contributed by atoms with van der Waals surface area (Å²) >= 11 is 0. The van der Waals surface area contributed by atoms with Gasteiger partial charge in [-0.1, -0.05) is 65.7 Å². The highest BCUT2D eigenvalue weighted by Crippen LogP contribution is 2.19. The molecule has 0 aromatic rings. The standard InChI is InChI=1S/C14H30O4S/c1-4-5-6-7-8-9-13(2)10-11-14(3)12-18-19(15,16)17/h13-14H,4-12H2,1-3H3,(H,15,16,17)/p-1. The summed E-state index contributed by atoms with van der Waals surface area (Å²) < 4.78 is 35.2. The van der Waals surface area contributed by atoms with Crippen LogP contribution in [0.1, 0.15) is 72.1 Å². The van der Waals surface area contributed by atoms with Crippen LogP contribution in [0, 0.1) is 11.8 Å². The van der Waals surface area contributed by atoms with Gasteiger partial charge in [-0.15, -0.1) is 0 Å². The van der Waals surface area contributed by atoms with E-state index in [2.05, 4.69) is 18.0 Å². The second kappa shape index (κ2) is 10.6. The Kier molecular flexibility index (Phi) is 10.6. The molecule has 0 heterocycles. The maximum Gasteiger partial charge on any atom is 0.217 e. The Morgan fingerprint density at radius 1 is 0.947 bits per heavy atom. The van der Waals surface area contributed by atoms with Crippen molar-refractivity contribution in [2.75, 3.05) is 6.61 Å². The Morgan fingerprint density at radius 2 is 1.53 bits per heavy atom. The van der Waals surface area contributed by atoms with Crippen molar-refractivity contribution >= 4 is 10.4 Å². The summed E-state index contributed by atoms with van der Waals surface area (Å²) in [7, 11) is -4.53. The Labute approximate surface area is 118 Å². The monoisotopic (exact) mass is 293 g/mol. The second-order valence-electron chi connectivity index (χ2n) is 5.68.